The molecule has 0 N–H and O–H groups in total. The number of hydrogen-bond acceptors (Lipinski definition) is 4. The fourth-order valence-corrected chi connectivity index (χ4v) is 2.90. The lowest BCUT2D eigenvalue weighted by Gasteiger charge is -2.21. The van der Waals surface area contributed by atoms with E-state index in [1.54, 1.807) is 14.2 Å². The molecule has 0 amide bonds. The van der Waals surface area contributed by atoms with Gasteiger partial charge in [-0.05, 0) is 40.8 Å². The highest BCUT2D eigenvalue weighted by Crippen LogP contribution is 2.37. The van der Waals surface area contributed by atoms with Gasteiger partial charge in [-0.3, -0.25) is 0 Å². The van der Waals surface area contributed by atoms with E-state index in [1.165, 1.54) is 5.56 Å². The van der Waals surface area contributed by atoms with Crippen LogP contribution < -0.4 is 9.47 Å². The third kappa shape index (κ3) is 3.38. The van der Waals surface area contributed by atoms with Crippen molar-refractivity contribution in [2.24, 2.45) is 0 Å². The predicted molar refractivity (Wildman–Crippen MR) is 97.7 cm³/mol. The van der Waals surface area contributed by atoms with Crippen LogP contribution in [0.2, 0.25) is 0 Å². The number of rotatable bonds is 4. The Morgan fingerprint density at radius 3 is 2.28 bits per heavy atom. The average molecular weight is 338 g/mol. The van der Waals surface area contributed by atoms with Gasteiger partial charge in [-0.1, -0.05) is 38.1 Å². The lowest BCUT2D eigenvalue weighted by Crippen LogP contribution is -2.15. The van der Waals surface area contributed by atoms with E-state index >= 15 is 0 Å². The number of hydrogen-bond donors (Lipinski definition) is 0. The summed E-state index contributed by atoms with van der Waals surface area (Å²) >= 11 is 0. The molecule has 0 aliphatic carbocycles. The molecular weight excluding hydrogens is 316 g/mol. The zero-order chi connectivity index (χ0) is 18.0. The Labute approximate surface area is 148 Å². The molecule has 0 fully saturated rings. The third-order valence-electron chi connectivity index (χ3n) is 4.39. The summed E-state index contributed by atoms with van der Waals surface area (Å²) in [5.41, 5.74) is 4.47. The highest BCUT2D eigenvalue weighted by Gasteiger charge is 2.25. The molecule has 0 aromatic heterocycles. The van der Waals surface area contributed by atoms with Gasteiger partial charge in [0.2, 0.25) is 0 Å². The van der Waals surface area contributed by atoms with Gasteiger partial charge in [0.25, 0.3) is 0 Å². The second kappa shape index (κ2) is 7.01. The van der Waals surface area contributed by atoms with Crippen molar-refractivity contribution in [3.63, 3.8) is 0 Å². The molecule has 0 atom stereocenters. The van der Waals surface area contributed by atoms with Crippen LogP contribution in [0.4, 0.5) is 0 Å². The minimum atomic E-state index is -0.326. The van der Waals surface area contributed by atoms with Crippen LogP contribution in [0, 0.1) is 0 Å². The van der Waals surface area contributed by atoms with Crippen molar-refractivity contribution in [1.82, 2.24) is 0 Å². The van der Waals surface area contributed by atoms with Crippen LogP contribution in [0.3, 0.4) is 0 Å². The minimum Gasteiger partial charge on any atom is -0.493 e. The topological polar surface area (TPSA) is 44.8 Å². The molecule has 1 aliphatic heterocycles. The van der Waals surface area contributed by atoms with Gasteiger partial charge in [-0.25, -0.2) is 4.79 Å². The number of carbonyl (C=O) groups is 1. The van der Waals surface area contributed by atoms with E-state index in [0.717, 1.165) is 16.7 Å². The summed E-state index contributed by atoms with van der Waals surface area (Å²) < 4.78 is 16.0. The molecule has 3 rings (SSSR count). The zero-order valence-electron chi connectivity index (χ0n) is 15.0. The molecule has 1 heterocycles. The molecule has 0 saturated carbocycles. The molecule has 4 nitrogen and oxygen atoms in total. The highest BCUT2D eigenvalue weighted by atomic mass is 16.5. The number of carbonyl (C=O) groups excluding carboxylic acids is 1. The molecule has 0 unspecified atom stereocenters. The molecule has 4 heteroatoms. The van der Waals surface area contributed by atoms with Crippen LogP contribution in [0.15, 0.2) is 36.4 Å². The Balaban J connectivity index is 2.06. The zero-order valence-corrected chi connectivity index (χ0v) is 15.0. The Hall–Kier alpha value is -2.75. The fourth-order valence-electron chi connectivity index (χ4n) is 2.90. The molecule has 2 aromatic rings. The second-order valence-electron chi connectivity index (χ2n) is 6.32. The SMILES string of the molecule is COc1cc2c(cc1OC)C(=Cc1ccc(C(C)C)cc1)C(=O)OC2. The fraction of sp³-hybridized carbons (Fsp3) is 0.286. The van der Waals surface area contributed by atoms with Gasteiger partial charge < -0.3 is 14.2 Å². The number of esters is 1. The Kier molecular flexibility index (Phi) is 4.79. The monoisotopic (exact) mass is 338 g/mol. The van der Waals surface area contributed by atoms with Crippen LogP contribution in [0.25, 0.3) is 11.6 Å². The first-order chi connectivity index (χ1) is 12.0. The summed E-state index contributed by atoms with van der Waals surface area (Å²) in [6.07, 6.45) is 1.86. The first kappa shape index (κ1) is 17.1. The Morgan fingerprint density at radius 1 is 1.04 bits per heavy atom. The molecule has 0 bridgehead atoms. The second-order valence-corrected chi connectivity index (χ2v) is 6.32. The third-order valence-corrected chi connectivity index (χ3v) is 4.39. The first-order valence-electron chi connectivity index (χ1n) is 8.27. The van der Waals surface area contributed by atoms with Gasteiger partial charge in [-0.2, -0.15) is 0 Å². The first-order valence-corrected chi connectivity index (χ1v) is 8.27. The van der Waals surface area contributed by atoms with Gasteiger partial charge in [0.05, 0.1) is 19.8 Å². The number of benzene rings is 2. The smallest absolute Gasteiger partial charge is 0.339 e. The molecule has 0 radical (unpaired) electrons. The molecule has 1 aliphatic rings. The molecule has 2 aromatic carbocycles. The average Bonchev–Trinajstić information content (AvgIpc) is 2.63. The van der Waals surface area contributed by atoms with Gasteiger partial charge in [0.15, 0.2) is 11.5 Å². The maximum Gasteiger partial charge on any atom is 0.339 e. The van der Waals surface area contributed by atoms with Gasteiger partial charge in [0, 0.05) is 5.56 Å². The molecule has 0 spiro atoms. The molecule has 0 saturated heterocycles. The van der Waals surface area contributed by atoms with Crippen LogP contribution in [0.1, 0.15) is 42.0 Å². The largest absolute Gasteiger partial charge is 0.493 e. The lowest BCUT2D eigenvalue weighted by atomic mass is 9.94. The summed E-state index contributed by atoms with van der Waals surface area (Å²) in [7, 11) is 3.17. The number of methoxy groups -OCH3 is 2. The van der Waals surface area contributed by atoms with Crippen molar-refractivity contribution in [2.75, 3.05) is 14.2 Å². The van der Waals surface area contributed by atoms with E-state index in [-0.39, 0.29) is 12.6 Å². The van der Waals surface area contributed by atoms with Crippen LogP contribution in [0.5, 0.6) is 11.5 Å². The maximum atomic E-state index is 12.3. The summed E-state index contributed by atoms with van der Waals surface area (Å²) in [5, 5.41) is 0. The Bertz CT molecular complexity index is 817. The quantitative estimate of drug-likeness (QED) is 0.611. The van der Waals surface area contributed by atoms with Crippen LogP contribution in [-0.4, -0.2) is 20.2 Å². The van der Waals surface area contributed by atoms with E-state index < -0.39 is 0 Å². The minimum absolute atomic E-state index is 0.234. The number of cyclic esters (lactones) is 1. The maximum absolute atomic E-state index is 12.3. The predicted octanol–water partition coefficient (Wildman–Crippen LogP) is 4.42. The van der Waals surface area contributed by atoms with Crippen molar-refractivity contribution in [3.8, 4) is 11.5 Å². The summed E-state index contributed by atoms with van der Waals surface area (Å²) in [6, 6.07) is 11.9. The summed E-state index contributed by atoms with van der Waals surface area (Å²) in [4.78, 5) is 12.3. The van der Waals surface area contributed by atoms with Gasteiger partial charge >= 0.3 is 5.97 Å². The number of fused-ring (bicyclic) bond motifs is 1. The van der Waals surface area contributed by atoms with E-state index in [2.05, 4.69) is 26.0 Å². The van der Waals surface area contributed by atoms with E-state index in [4.69, 9.17) is 14.2 Å². The van der Waals surface area contributed by atoms with Crippen molar-refractivity contribution in [2.45, 2.75) is 26.4 Å². The number of ether oxygens (including phenoxy) is 3. The van der Waals surface area contributed by atoms with Crippen molar-refractivity contribution >= 4 is 17.6 Å². The summed E-state index contributed by atoms with van der Waals surface area (Å²) in [5.74, 6) is 1.36. The summed E-state index contributed by atoms with van der Waals surface area (Å²) in [6.45, 7) is 4.54. The van der Waals surface area contributed by atoms with Gasteiger partial charge in [-0.15, -0.1) is 0 Å². The van der Waals surface area contributed by atoms with Crippen LogP contribution >= 0.6 is 0 Å². The van der Waals surface area contributed by atoms with Crippen LogP contribution in [-0.2, 0) is 16.1 Å². The molecular formula is C21H22O4. The normalized spacial score (nSPS) is 15.1. The van der Waals surface area contributed by atoms with Crippen molar-refractivity contribution < 1.29 is 19.0 Å². The van der Waals surface area contributed by atoms with E-state index in [1.807, 2.05) is 30.3 Å². The molecule has 25 heavy (non-hydrogen) atoms. The Morgan fingerprint density at radius 2 is 1.68 bits per heavy atom. The lowest BCUT2D eigenvalue weighted by molar-refractivity contribution is -0.138. The van der Waals surface area contributed by atoms with Crippen molar-refractivity contribution in [1.29, 1.82) is 0 Å². The van der Waals surface area contributed by atoms with Gasteiger partial charge in [0.1, 0.15) is 6.61 Å². The van der Waals surface area contributed by atoms with E-state index in [9.17, 15) is 4.79 Å². The molecule has 130 valence electrons. The highest BCUT2D eigenvalue weighted by molar-refractivity contribution is 6.22. The van der Waals surface area contributed by atoms with E-state index in [0.29, 0.717) is 23.0 Å². The van der Waals surface area contributed by atoms with Crippen molar-refractivity contribution in [3.05, 3.63) is 58.7 Å². The standard InChI is InChI=1S/C21H22O4/c1-13(2)15-7-5-14(6-8-15)9-18-17-11-20(24-4)19(23-3)10-16(17)12-25-21(18)22/h5-11,13H,12H2,1-4H3.